The van der Waals surface area contributed by atoms with E-state index in [1.54, 1.807) is 43.0 Å². The summed E-state index contributed by atoms with van der Waals surface area (Å²) in [5.41, 5.74) is 7.79. The summed E-state index contributed by atoms with van der Waals surface area (Å²) in [5.74, 6) is -0.255. The predicted molar refractivity (Wildman–Crippen MR) is 82.6 cm³/mol. The zero-order chi connectivity index (χ0) is 15.6. The van der Waals surface area contributed by atoms with Gasteiger partial charge in [0.1, 0.15) is 0 Å². The van der Waals surface area contributed by atoms with Crippen molar-refractivity contribution in [1.29, 1.82) is 0 Å². The van der Waals surface area contributed by atoms with Crippen molar-refractivity contribution in [3.63, 3.8) is 0 Å². The SMILES string of the molecule is Cc1nn(C)cc1C(=O)Nc1ccc(/C(N)=N/O)cc1Br. The van der Waals surface area contributed by atoms with Crippen molar-refractivity contribution < 1.29 is 10.0 Å². The number of carbonyl (C=O) groups is 1. The van der Waals surface area contributed by atoms with Crippen LogP contribution in [0.15, 0.2) is 34.0 Å². The molecule has 1 aromatic carbocycles. The molecule has 2 rings (SSSR count). The third kappa shape index (κ3) is 3.22. The van der Waals surface area contributed by atoms with E-state index in [0.717, 1.165) is 0 Å². The minimum absolute atomic E-state index is 0.00307. The number of carbonyl (C=O) groups excluding carboxylic acids is 1. The van der Waals surface area contributed by atoms with E-state index in [0.29, 0.717) is 27.0 Å². The highest BCUT2D eigenvalue weighted by atomic mass is 79.9. The maximum Gasteiger partial charge on any atom is 0.259 e. The van der Waals surface area contributed by atoms with E-state index >= 15 is 0 Å². The van der Waals surface area contributed by atoms with Crippen molar-refractivity contribution in [3.8, 4) is 0 Å². The molecule has 0 radical (unpaired) electrons. The standard InChI is InChI=1S/C13H14BrN5O2/c1-7-9(6-19(2)17-7)13(20)16-11-4-3-8(5-10(11)14)12(15)18-21/h3-6,21H,1-2H3,(H2,15,18)(H,16,20). The van der Waals surface area contributed by atoms with Crippen LogP contribution in [0, 0.1) is 6.92 Å². The molecule has 0 unspecified atom stereocenters. The number of hydrogen-bond acceptors (Lipinski definition) is 4. The summed E-state index contributed by atoms with van der Waals surface area (Å²) in [4.78, 5) is 12.2. The van der Waals surface area contributed by atoms with Crippen LogP contribution in [0.4, 0.5) is 5.69 Å². The Labute approximate surface area is 129 Å². The minimum atomic E-state index is -0.252. The van der Waals surface area contributed by atoms with E-state index in [-0.39, 0.29) is 11.7 Å². The molecule has 0 spiro atoms. The van der Waals surface area contributed by atoms with Crippen LogP contribution in [-0.2, 0) is 7.05 Å². The van der Waals surface area contributed by atoms with Gasteiger partial charge in [0.2, 0.25) is 0 Å². The van der Waals surface area contributed by atoms with E-state index in [9.17, 15) is 4.79 Å². The Hall–Kier alpha value is -2.35. The number of aryl methyl sites for hydroxylation is 2. The fourth-order valence-corrected chi connectivity index (χ4v) is 2.32. The van der Waals surface area contributed by atoms with Gasteiger partial charge in [0, 0.05) is 23.3 Å². The summed E-state index contributed by atoms with van der Waals surface area (Å²) in [6, 6.07) is 4.97. The van der Waals surface area contributed by atoms with Gasteiger partial charge in [-0.3, -0.25) is 9.48 Å². The lowest BCUT2D eigenvalue weighted by Gasteiger charge is -2.08. The van der Waals surface area contributed by atoms with Gasteiger partial charge in [-0.25, -0.2) is 0 Å². The van der Waals surface area contributed by atoms with Gasteiger partial charge in [-0.05, 0) is 41.1 Å². The Morgan fingerprint density at radius 2 is 2.24 bits per heavy atom. The molecule has 1 heterocycles. The van der Waals surface area contributed by atoms with Crippen molar-refractivity contribution in [2.45, 2.75) is 6.92 Å². The van der Waals surface area contributed by atoms with Crippen LogP contribution in [0.25, 0.3) is 0 Å². The van der Waals surface area contributed by atoms with Crippen LogP contribution in [0.5, 0.6) is 0 Å². The molecule has 0 aliphatic rings. The Balaban J connectivity index is 2.24. The average Bonchev–Trinajstić information content (AvgIpc) is 2.79. The predicted octanol–water partition coefficient (Wildman–Crippen LogP) is 1.84. The van der Waals surface area contributed by atoms with E-state index in [4.69, 9.17) is 10.9 Å². The molecular weight excluding hydrogens is 338 g/mol. The van der Waals surface area contributed by atoms with Crippen molar-refractivity contribution in [1.82, 2.24) is 9.78 Å². The summed E-state index contributed by atoms with van der Waals surface area (Å²) in [6.45, 7) is 1.77. The second kappa shape index (κ2) is 5.96. The Morgan fingerprint density at radius 1 is 1.52 bits per heavy atom. The number of nitrogens with zero attached hydrogens (tertiary/aromatic N) is 3. The number of hydrogen-bond donors (Lipinski definition) is 3. The van der Waals surface area contributed by atoms with Gasteiger partial charge in [0.05, 0.1) is 16.9 Å². The summed E-state index contributed by atoms with van der Waals surface area (Å²) in [6.07, 6.45) is 1.66. The lowest BCUT2D eigenvalue weighted by atomic mass is 10.2. The molecule has 2 aromatic rings. The number of nitrogens with two attached hydrogens (primary N) is 1. The van der Waals surface area contributed by atoms with Gasteiger partial charge >= 0.3 is 0 Å². The Bertz CT molecular complexity index is 723. The van der Waals surface area contributed by atoms with Crippen molar-refractivity contribution >= 4 is 33.4 Å². The normalized spacial score (nSPS) is 11.5. The molecule has 0 aliphatic carbocycles. The van der Waals surface area contributed by atoms with Gasteiger partial charge in [-0.2, -0.15) is 5.10 Å². The fourth-order valence-electron chi connectivity index (χ4n) is 1.85. The van der Waals surface area contributed by atoms with Gasteiger partial charge < -0.3 is 16.3 Å². The van der Waals surface area contributed by atoms with Gasteiger partial charge in [0.15, 0.2) is 5.84 Å². The second-order valence-electron chi connectivity index (χ2n) is 4.44. The summed E-state index contributed by atoms with van der Waals surface area (Å²) in [7, 11) is 1.76. The molecule has 4 N–H and O–H groups in total. The van der Waals surface area contributed by atoms with Crippen LogP contribution in [0.3, 0.4) is 0 Å². The van der Waals surface area contributed by atoms with E-state index in [2.05, 4.69) is 31.5 Å². The van der Waals surface area contributed by atoms with Crippen LogP contribution in [0.1, 0.15) is 21.6 Å². The molecule has 0 aliphatic heterocycles. The molecule has 21 heavy (non-hydrogen) atoms. The highest BCUT2D eigenvalue weighted by Gasteiger charge is 2.14. The quantitative estimate of drug-likeness (QED) is 0.339. The first-order valence-corrected chi connectivity index (χ1v) is 6.80. The topological polar surface area (TPSA) is 106 Å². The largest absolute Gasteiger partial charge is 0.409 e. The van der Waals surface area contributed by atoms with Gasteiger partial charge in [0.25, 0.3) is 5.91 Å². The number of rotatable bonds is 3. The van der Waals surface area contributed by atoms with Crippen LogP contribution >= 0.6 is 15.9 Å². The highest BCUT2D eigenvalue weighted by Crippen LogP contribution is 2.24. The van der Waals surface area contributed by atoms with Crippen molar-refractivity contribution in [3.05, 3.63) is 45.7 Å². The number of nitrogens with one attached hydrogen (secondary N) is 1. The number of anilines is 1. The van der Waals surface area contributed by atoms with Crippen LogP contribution in [-0.4, -0.2) is 26.7 Å². The first-order valence-electron chi connectivity index (χ1n) is 6.01. The van der Waals surface area contributed by atoms with Gasteiger partial charge in [-0.1, -0.05) is 5.16 Å². The molecule has 1 aromatic heterocycles. The summed E-state index contributed by atoms with van der Waals surface area (Å²) >= 11 is 3.34. The second-order valence-corrected chi connectivity index (χ2v) is 5.29. The average molecular weight is 352 g/mol. The van der Waals surface area contributed by atoms with Crippen molar-refractivity contribution in [2.75, 3.05) is 5.32 Å². The molecule has 7 nitrogen and oxygen atoms in total. The monoisotopic (exact) mass is 351 g/mol. The maximum absolute atomic E-state index is 12.2. The molecule has 8 heteroatoms. The van der Waals surface area contributed by atoms with E-state index in [1.807, 2.05) is 0 Å². The van der Waals surface area contributed by atoms with E-state index in [1.165, 1.54) is 0 Å². The highest BCUT2D eigenvalue weighted by molar-refractivity contribution is 9.10. The summed E-state index contributed by atoms with van der Waals surface area (Å²) in [5, 5.41) is 18.5. The lowest BCUT2D eigenvalue weighted by molar-refractivity contribution is 0.102. The summed E-state index contributed by atoms with van der Waals surface area (Å²) < 4.78 is 2.21. The fraction of sp³-hybridized carbons (Fsp3) is 0.154. The number of amides is 1. The molecule has 110 valence electrons. The zero-order valence-corrected chi connectivity index (χ0v) is 13.0. The number of halogens is 1. The van der Waals surface area contributed by atoms with Crippen LogP contribution in [0.2, 0.25) is 0 Å². The molecule has 0 saturated heterocycles. The Morgan fingerprint density at radius 3 is 2.76 bits per heavy atom. The number of aromatic nitrogens is 2. The first kappa shape index (κ1) is 15.0. The van der Waals surface area contributed by atoms with Crippen molar-refractivity contribution in [2.24, 2.45) is 17.9 Å². The lowest BCUT2D eigenvalue weighted by Crippen LogP contribution is -2.15. The zero-order valence-electron chi connectivity index (χ0n) is 11.5. The smallest absolute Gasteiger partial charge is 0.259 e. The molecule has 0 fully saturated rings. The van der Waals surface area contributed by atoms with Gasteiger partial charge in [-0.15, -0.1) is 0 Å². The molecule has 0 bridgehead atoms. The number of oxime groups is 1. The molecular formula is C13H14BrN5O2. The number of benzene rings is 1. The van der Waals surface area contributed by atoms with E-state index < -0.39 is 0 Å². The molecule has 0 saturated carbocycles. The number of amidine groups is 1. The maximum atomic E-state index is 12.2. The molecule has 1 amide bonds. The van der Waals surface area contributed by atoms with Crippen LogP contribution < -0.4 is 11.1 Å². The minimum Gasteiger partial charge on any atom is -0.409 e. The molecule has 0 atom stereocenters. The Kier molecular flexibility index (Phi) is 4.27. The first-order chi connectivity index (χ1) is 9.92. The third-order valence-corrected chi connectivity index (χ3v) is 3.53. The third-order valence-electron chi connectivity index (χ3n) is 2.88.